The van der Waals surface area contributed by atoms with Crippen LogP contribution in [0, 0.1) is 5.41 Å². The van der Waals surface area contributed by atoms with E-state index in [1.54, 1.807) is 13.8 Å². The predicted octanol–water partition coefficient (Wildman–Crippen LogP) is 0.387. The number of benzene rings is 1. The molecule has 0 aliphatic rings. The van der Waals surface area contributed by atoms with Crippen LogP contribution in [0.25, 0.3) is 0 Å². The number of sulfone groups is 1. The number of sulfonamides is 1. The molecule has 1 aromatic carbocycles. The van der Waals surface area contributed by atoms with Crippen molar-refractivity contribution in [2.45, 2.75) is 23.6 Å². The third kappa shape index (κ3) is 4.55. The van der Waals surface area contributed by atoms with E-state index in [0.717, 1.165) is 6.26 Å². The maximum atomic E-state index is 12.0. The highest BCUT2D eigenvalue weighted by molar-refractivity contribution is 7.90. The molecule has 0 spiro atoms. The molecule has 0 aromatic heterocycles. The average molecular weight is 321 g/mol. The number of aliphatic hydroxyl groups is 1. The fourth-order valence-electron chi connectivity index (χ4n) is 1.30. The molecule has 0 bridgehead atoms. The van der Waals surface area contributed by atoms with E-state index >= 15 is 0 Å². The largest absolute Gasteiger partial charge is 0.396 e. The minimum Gasteiger partial charge on any atom is -0.396 e. The summed E-state index contributed by atoms with van der Waals surface area (Å²) in [6, 6.07) is 4.98. The maximum Gasteiger partial charge on any atom is 0.240 e. The average Bonchev–Trinajstić information content (AvgIpc) is 2.36. The summed E-state index contributed by atoms with van der Waals surface area (Å²) in [7, 11) is -7.07. The third-order valence-electron chi connectivity index (χ3n) is 2.73. The summed E-state index contributed by atoms with van der Waals surface area (Å²) in [5.74, 6) is 0. The van der Waals surface area contributed by atoms with Crippen LogP contribution in [-0.4, -0.2) is 41.3 Å². The van der Waals surface area contributed by atoms with Crippen molar-refractivity contribution in [1.82, 2.24) is 4.72 Å². The summed E-state index contributed by atoms with van der Waals surface area (Å²) in [5.41, 5.74) is -0.570. The standard InChI is InChI=1S/C12H19NO5S2/c1-12(2,9-14)8-13-20(17,18)11-6-4-10(5-7-11)19(3,15)16/h4-7,13-14H,8-9H2,1-3H3. The second-order valence-electron chi connectivity index (χ2n) is 5.39. The Kier molecular flexibility index (Phi) is 4.96. The summed E-state index contributed by atoms with van der Waals surface area (Å²) in [6.45, 7) is 3.38. The summed E-state index contributed by atoms with van der Waals surface area (Å²) in [5, 5.41) is 9.09. The van der Waals surface area contributed by atoms with Gasteiger partial charge in [-0.3, -0.25) is 0 Å². The number of aliphatic hydroxyl groups excluding tert-OH is 1. The molecule has 0 saturated carbocycles. The lowest BCUT2D eigenvalue weighted by molar-refractivity contribution is 0.163. The zero-order valence-corrected chi connectivity index (χ0v) is 13.3. The van der Waals surface area contributed by atoms with Crippen LogP contribution in [-0.2, 0) is 19.9 Å². The molecule has 0 aliphatic heterocycles. The second-order valence-corrected chi connectivity index (χ2v) is 9.17. The van der Waals surface area contributed by atoms with Crippen molar-refractivity contribution in [3.63, 3.8) is 0 Å². The Hall–Kier alpha value is -0.960. The van der Waals surface area contributed by atoms with E-state index in [-0.39, 0.29) is 22.9 Å². The second kappa shape index (κ2) is 5.80. The summed E-state index contributed by atoms with van der Waals surface area (Å²) >= 11 is 0. The first-order valence-corrected chi connectivity index (χ1v) is 9.26. The van der Waals surface area contributed by atoms with Crippen molar-refractivity contribution in [2.24, 2.45) is 5.41 Å². The maximum absolute atomic E-state index is 12.0. The summed E-state index contributed by atoms with van der Waals surface area (Å²) in [4.78, 5) is 0.0470. The SMILES string of the molecule is CC(C)(CO)CNS(=O)(=O)c1ccc(S(C)(=O)=O)cc1. The minimum atomic E-state index is -3.72. The lowest BCUT2D eigenvalue weighted by atomic mass is 9.96. The van der Waals surface area contributed by atoms with Gasteiger partial charge < -0.3 is 5.11 Å². The topological polar surface area (TPSA) is 101 Å². The Morgan fingerprint density at radius 2 is 1.50 bits per heavy atom. The molecule has 6 nitrogen and oxygen atoms in total. The van der Waals surface area contributed by atoms with Gasteiger partial charge in [0.15, 0.2) is 9.84 Å². The van der Waals surface area contributed by atoms with E-state index in [1.807, 2.05) is 0 Å². The van der Waals surface area contributed by atoms with Gasteiger partial charge in [-0.25, -0.2) is 21.6 Å². The first-order chi connectivity index (χ1) is 8.98. The Labute approximate surface area is 119 Å². The van der Waals surface area contributed by atoms with Crippen LogP contribution in [0.15, 0.2) is 34.1 Å². The number of nitrogens with one attached hydrogen (secondary N) is 1. The van der Waals surface area contributed by atoms with Crippen LogP contribution < -0.4 is 4.72 Å². The molecule has 0 fully saturated rings. The molecular formula is C12H19NO5S2. The number of hydrogen-bond donors (Lipinski definition) is 2. The van der Waals surface area contributed by atoms with Crippen LogP contribution >= 0.6 is 0 Å². The number of hydrogen-bond acceptors (Lipinski definition) is 5. The fourth-order valence-corrected chi connectivity index (χ4v) is 3.17. The molecule has 2 N–H and O–H groups in total. The highest BCUT2D eigenvalue weighted by atomic mass is 32.2. The molecule has 1 rings (SSSR count). The van der Waals surface area contributed by atoms with Gasteiger partial charge in [-0.05, 0) is 24.3 Å². The number of rotatable bonds is 6. The van der Waals surface area contributed by atoms with E-state index in [9.17, 15) is 16.8 Å². The van der Waals surface area contributed by atoms with Gasteiger partial charge in [0.2, 0.25) is 10.0 Å². The van der Waals surface area contributed by atoms with Gasteiger partial charge in [0, 0.05) is 24.8 Å². The highest BCUT2D eigenvalue weighted by Crippen LogP contribution is 2.16. The van der Waals surface area contributed by atoms with E-state index in [4.69, 9.17) is 5.11 Å². The van der Waals surface area contributed by atoms with E-state index < -0.39 is 25.3 Å². The summed E-state index contributed by atoms with van der Waals surface area (Å²) < 4.78 is 49.0. The van der Waals surface area contributed by atoms with Crippen molar-refractivity contribution in [3.8, 4) is 0 Å². The molecule has 8 heteroatoms. The molecule has 0 atom stereocenters. The monoisotopic (exact) mass is 321 g/mol. The van der Waals surface area contributed by atoms with Gasteiger partial charge >= 0.3 is 0 Å². The fraction of sp³-hybridized carbons (Fsp3) is 0.500. The van der Waals surface area contributed by atoms with Crippen LogP contribution in [0.2, 0.25) is 0 Å². The first kappa shape index (κ1) is 17.1. The van der Waals surface area contributed by atoms with Crippen LogP contribution in [0.4, 0.5) is 0 Å². The molecule has 0 saturated heterocycles. The quantitative estimate of drug-likeness (QED) is 0.789. The van der Waals surface area contributed by atoms with Gasteiger partial charge in [0.05, 0.1) is 9.79 Å². The Morgan fingerprint density at radius 1 is 1.05 bits per heavy atom. The minimum absolute atomic E-state index is 0.0151. The van der Waals surface area contributed by atoms with Crippen LogP contribution in [0.5, 0.6) is 0 Å². The molecule has 0 radical (unpaired) electrons. The first-order valence-electron chi connectivity index (χ1n) is 5.89. The molecule has 0 amide bonds. The molecule has 20 heavy (non-hydrogen) atoms. The zero-order valence-electron chi connectivity index (χ0n) is 11.6. The molecule has 0 heterocycles. The van der Waals surface area contributed by atoms with Crippen molar-refractivity contribution >= 4 is 19.9 Å². The highest BCUT2D eigenvalue weighted by Gasteiger charge is 2.22. The lowest BCUT2D eigenvalue weighted by Crippen LogP contribution is -2.36. The predicted molar refractivity (Wildman–Crippen MR) is 75.6 cm³/mol. The van der Waals surface area contributed by atoms with Gasteiger partial charge in [-0.15, -0.1) is 0 Å². The lowest BCUT2D eigenvalue weighted by Gasteiger charge is -2.21. The molecular weight excluding hydrogens is 302 g/mol. The van der Waals surface area contributed by atoms with E-state index in [2.05, 4.69) is 4.72 Å². The van der Waals surface area contributed by atoms with Crippen LogP contribution in [0.1, 0.15) is 13.8 Å². The Bertz CT molecular complexity index is 660. The zero-order chi connectivity index (χ0) is 15.6. The van der Waals surface area contributed by atoms with Crippen molar-refractivity contribution in [2.75, 3.05) is 19.4 Å². The van der Waals surface area contributed by atoms with Gasteiger partial charge in [-0.2, -0.15) is 0 Å². The van der Waals surface area contributed by atoms with Crippen molar-refractivity contribution in [3.05, 3.63) is 24.3 Å². The van der Waals surface area contributed by atoms with Gasteiger partial charge in [-0.1, -0.05) is 13.8 Å². The van der Waals surface area contributed by atoms with Gasteiger partial charge in [0.25, 0.3) is 0 Å². The van der Waals surface area contributed by atoms with Crippen molar-refractivity contribution < 1.29 is 21.9 Å². The van der Waals surface area contributed by atoms with E-state index in [1.165, 1.54) is 24.3 Å². The smallest absolute Gasteiger partial charge is 0.240 e. The molecule has 114 valence electrons. The summed E-state index contributed by atoms with van der Waals surface area (Å²) in [6.07, 6.45) is 1.05. The Balaban J connectivity index is 2.94. The van der Waals surface area contributed by atoms with Crippen LogP contribution in [0.3, 0.4) is 0 Å². The molecule has 0 unspecified atom stereocenters. The Morgan fingerprint density at radius 3 is 1.90 bits per heavy atom. The van der Waals surface area contributed by atoms with E-state index in [0.29, 0.717) is 0 Å². The molecule has 1 aromatic rings. The third-order valence-corrected chi connectivity index (χ3v) is 5.28. The van der Waals surface area contributed by atoms with Gasteiger partial charge in [0.1, 0.15) is 0 Å². The van der Waals surface area contributed by atoms with Crippen molar-refractivity contribution in [1.29, 1.82) is 0 Å². The normalized spacial score (nSPS) is 13.4. The molecule has 0 aliphatic carbocycles.